The molecule has 0 spiro atoms. The van der Waals surface area contributed by atoms with Crippen LogP contribution in [0.1, 0.15) is 10.7 Å². The lowest BCUT2D eigenvalue weighted by atomic mass is 10.1. The second-order valence-electron chi connectivity index (χ2n) is 6.62. The van der Waals surface area contributed by atoms with Gasteiger partial charge >= 0.3 is 0 Å². The summed E-state index contributed by atoms with van der Waals surface area (Å²) in [4.78, 5) is 0. The quantitative estimate of drug-likeness (QED) is 0.360. The highest BCUT2D eigenvalue weighted by Gasteiger charge is 2.37. The van der Waals surface area contributed by atoms with E-state index in [1.165, 1.54) is 12.1 Å². The molecule has 0 N–H and O–H groups in total. The Morgan fingerprint density at radius 1 is 0.724 bits per heavy atom. The van der Waals surface area contributed by atoms with Crippen LogP contribution in [0.2, 0.25) is 0 Å². The average molecular weight is 475 g/mol. The maximum absolute atomic E-state index is 13.7. The van der Waals surface area contributed by atoms with Gasteiger partial charge in [-0.25, -0.2) is 16.8 Å². The predicted molar refractivity (Wildman–Crippen MR) is 117 cm³/mol. The van der Waals surface area contributed by atoms with E-state index < -0.39 is 26.7 Å². The smallest absolute Gasteiger partial charge is 0.219 e. The van der Waals surface area contributed by atoms with Crippen LogP contribution in [-0.4, -0.2) is 24.4 Å². The molecule has 1 aliphatic carbocycles. The lowest BCUT2D eigenvalue weighted by Gasteiger charge is -2.14. The molecule has 0 fully saturated rings. The maximum atomic E-state index is 13.7. The number of rotatable bonds is 4. The minimum Gasteiger partial charge on any atom is -0.226 e. The molecule has 0 aliphatic heterocycles. The molecule has 9 heteroatoms. The van der Waals surface area contributed by atoms with Gasteiger partial charge in [0.2, 0.25) is 17.4 Å². The van der Waals surface area contributed by atoms with Crippen molar-refractivity contribution in [2.75, 3.05) is 0 Å². The lowest BCUT2D eigenvalue weighted by Crippen LogP contribution is -2.24. The molecule has 3 heterocycles. The summed E-state index contributed by atoms with van der Waals surface area (Å²) in [5.41, 5.74) is 2.90. The third-order valence-electron chi connectivity index (χ3n) is 4.98. The van der Waals surface area contributed by atoms with Gasteiger partial charge in [-0.2, -0.15) is 0 Å². The molecule has 0 saturated heterocycles. The molecule has 4 aromatic rings. The first-order chi connectivity index (χ1) is 13.9. The number of sulfone groups is 1. The van der Waals surface area contributed by atoms with Crippen molar-refractivity contribution in [1.29, 1.82) is 0 Å². The second-order valence-corrected chi connectivity index (χ2v) is 17.4. The lowest BCUT2D eigenvalue weighted by molar-refractivity contribution is 0.598. The second kappa shape index (κ2) is 6.81. The van der Waals surface area contributed by atoms with Crippen molar-refractivity contribution in [1.82, 2.24) is 0 Å². The molecular formula is C20H14O4S4Si. The molecule has 0 saturated carbocycles. The van der Waals surface area contributed by atoms with Crippen molar-refractivity contribution >= 4 is 49.3 Å². The number of fused-ring (bicyclic) bond motifs is 3. The molecule has 146 valence electrons. The standard InChI is InChI=1S/C20H14O4S4Si/c21-27(22,18-7-3-11-25-18)20-10-9-16-15-6-2-1-5-14(15)13-17(16)29(20)28(23,24)19-8-4-12-26-19/h1-12H,13H2. The summed E-state index contributed by atoms with van der Waals surface area (Å²) in [5.74, 6) is 0. The number of hydrogen-bond acceptors (Lipinski definition) is 6. The third kappa shape index (κ3) is 2.91. The Morgan fingerprint density at radius 2 is 1.41 bits per heavy atom. The molecule has 0 amide bonds. The van der Waals surface area contributed by atoms with Crippen LogP contribution in [0, 0.1) is 0 Å². The zero-order chi connectivity index (χ0) is 20.2. The van der Waals surface area contributed by atoms with Gasteiger partial charge in [0, 0.05) is 0 Å². The van der Waals surface area contributed by atoms with E-state index >= 15 is 0 Å². The van der Waals surface area contributed by atoms with Gasteiger partial charge in [-0.3, -0.25) is 0 Å². The van der Waals surface area contributed by atoms with Gasteiger partial charge in [-0.1, -0.05) is 42.5 Å². The summed E-state index contributed by atoms with van der Waals surface area (Å²) < 4.78 is 54.6. The Kier molecular flexibility index (Phi) is 4.48. The van der Waals surface area contributed by atoms with Crippen molar-refractivity contribution < 1.29 is 16.8 Å². The summed E-state index contributed by atoms with van der Waals surface area (Å²) >= 11 is 2.25. The molecular weight excluding hydrogens is 461 g/mol. The maximum Gasteiger partial charge on any atom is 0.219 e. The molecule has 29 heavy (non-hydrogen) atoms. The van der Waals surface area contributed by atoms with E-state index in [4.69, 9.17) is 0 Å². The van der Waals surface area contributed by atoms with Crippen LogP contribution in [0.4, 0.5) is 0 Å². The molecule has 0 radical (unpaired) electrons. The Balaban J connectivity index is 1.86. The zero-order valence-electron chi connectivity index (χ0n) is 14.9. The van der Waals surface area contributed by atoms with Gasteiger partial charge in [-0.15, -0.1) is 22.7 Å². The predicted octanol–water partition coefficient (Wildman–Crippen LogP) is 4.48. The summed E-state index contributed by atoms with van der Waals surface area (Å²) in [6.07, 6.45) is 0.470. The highest BCUT2D eigenvalue weighted by atomic mass is 32.4. The molecule has 3 aromatic heterocycles. The van der Waals surface area contributed by atoms with E-state index in [1.54, 1.807) is 35.0 Å². The molecule has 0 bridgehead atoms. The van der Waals surface area contributed by atoms with E-state index in [0.29, 0.717) is 6.42 Å². The van der Waals surface area contributed by atoms with E-state index in [0.717, 1.165) is 44.5 Å². The van der Waals surface area contributed by atoms with Gasteiger partial charge in [0.25, 0.3) is 0 Å². The SMILES string of the molecule is O=S(=O)(c1cccs1)c1ccc2c([si]1S(=O)(=O)c1cccs1)Cc1ccccc1-2. The van der Waals surface area contributed by atoms with Crippen LogP contribution in [-0.2, 0) is 25.5 Å². The normalized spacial score (nSPS) is 13.2. The highest BCUT2D eigenvalue weighted by molar-refractivity contribution is 8.19. The Morgan fingerprint density at radius 3 is 2.10 bits per heavy atom. The van der Waals surface area contributed by atoms with Crippen molar-refractivity contribution in [2.24, 2.45) is 0 Å². The summed E-state index contributed by atoms with van der Waals surface area (Å²) in [6.45, 7) is 0. The number of hydrogen-bond donors (Lipinski definition) is 0. The van der Waals surface area contributed by atoms with Crippen LogP contribution >= 0.6 is 22.7 Å². The van der Waals surface area contributed by atoms with Gasteiger partial charge < -0.3 is 0 Å². The minimum atomic E-state index is -3.88. The fraction of sp³-hybridized carbons (Fsp3) is 0.0500. The third-order valence-corrected chi connectivity index (χ3v) is 18.3. The van der Waals surface area contributed by atoms with Crippen LogP contribution < -0.4 is 0 Å². The van der Waals surface area contributed by atoms with E-state index in [1.807, 2.05) is 24.3 Å². The first-order valence-electron chi connectivity index (χ1n) is 8.72. The molecule has 0 atom stereocenters. The largest absolute Gasteiger partial charge is 0.226 e. The van der Waals surface area contributed by atoms with E-state index in [2.05, 4.69) is 0 Å². The van der Waals surface area contributed by atoms with Gasteiger partial charge in [-0.05, 0) is 57.2 Å². The number of thiophene rings is 2. The molecule has 0 unspecified atom stereocenters. The minimum absolute atomic E-state index is 0.0323. The molecule has 1 aromatic carbocycles. The van der Waals surface area contributed by atoms with E-state index in [9.17, 15) is 16.8 Å². The molecule has 5 rings (SSSR count). The van der Waals surface area contributed by atoms with Crippen LogP contribution in [0.3, 0.4) is 0 Å². The first kappa shape index (κ1) is 19.1. The number of benzene rings is 1. The van der Waals surface area contributed by atoms with Gasteiger partial charge in [0.1, 0.15) is 8.42 Å². The van der Waals surface area contributed by atoms with Crippen LogP contribution in [0.5, 0.6) is 0 Å². The van der Waals surface area contributed by atoms with Crippen LogP contribution in [0.25, 0.3) is 11.1 Å². The highest BCUT2D eigenvalue weighted by Crippen LogP contribution is 2.40. The summed E-state index contributed by atoms with van der Waals surface area (Å²) in [6, 6.07) is 17.5. The fourth-order valence-corrected chi connectivity index (χ4v) is 17.7. The van der Waals surface area contributed by atoms with Crippen molar-refractivity contribution in [3.05, 3.63) is 82.2 Å². The Bertz CT molecular complexity index is 1440. The van der Waals surface area contributed by atoms with Crippen molar-refractivity contribution in [2.45, 2.75) is 19.3 Å². The molecule has 4 nitrogen and oxygen atoms in total. The zero-order valence-corrected chi connectivity index (χ0v) is 19.2. The van der Waals surface area contributed by atoms with Gasteiger partial charge in [0.05, 0.1) is 4.51 Å². The van der Waals surface area contributed by atoms with Crippen LogP contribution in [0.15, 0.2) is 84.3 Å². The summed E-state index contributed by atoms with van der Waals surface area (Å²) in [5, 5.41) is 4.14. The van der Waals surface area contributed by atoms with Crippen molar-refractivity contribution in [3.63, 3.8) is 0 Å². The van der Waals surface area contributed by atoms with E-state index in [-0.39, 0.29) is 12.9 Å². The Labute approximate surface area is 178 Å². The van der Waals surface area contributed by atoms with Gasteiger partial charge in [0.15, 0.2) is 9.29 Å². The Hall–Kier alpha value is -1.91. The first-order valence-corrected chi connectivity index (χ1v) is 15.7. The monoisotopic (exact) mass is 474 g/mol. The topological polar surface area (TPSA) is 68.3 Å². The van der Waals surface area contributed by atoms with Crippen molar-refractivity contribution in [3.8, 4) is 11.1 Å². The molecule has 1 aliphatic rings. The fourth-order valence-electron chi connectivity index (χ4n) is 3.71. The summed E-state index contributed by atoms with van der Waals surface area (Å²) in [7, 11) is -10.3. The average Bonchev–Trinajstić information content (AvgIpc) is 3.47.